The molecule has 8 nitrogen and oxygen atoms in total. The molecule has 1 fully saturated rings. The van der Waals surface area contributed by atoms with E-state index >= 15 is 0 Å². The first kappa shape index (κ1) is 28.1. The van der Waals surface area contributed by atoms with Crippen molar-refractivity contribution in [2.75, 3.05) is 19.8 Å². The summed E-state index contributed by atoms with van der Waals surface area (Å²) in [6, 6.07) is 1.99. The first-order chi connectivity index (χ1) is 15.5. The molecule has 8 atom stereocenters. The number of nitriles is 1. The van der Waals surface area contributed by atoms with E-state index in [1.807, 2.05) is 30.2 Å². The van der Waals surface area contributed by atoms with Crippen LogP contribution in [-0.2, 0) is 44.9 Å². The van der Waals surface area contributed by atoms with Crippen LogP contribution in [0.2, 0.25) is 0 Å². The predicted molar refractivity (Wildman–Crippen MR) is 118 cm³/mol. The third-order valence-corrected chi connectivity index (χ3v) is 8.98. The van der Waals surface area contributed by atoms with Gasteiger partial charge in [0.2, 0.25) is 0 Å². The molecular weight excluding hydrogens is 470 g/mol. The number of ether oxygens (including phenoxy) is 1. The molecule has 0 aliphatic carbocycles. The molecule has 8 unspecified atom stereocenters. The quantitative estimate of drug-likeness (QED) is 0.142. The topological polar surface area (TPSA) is 99.4 Å². The van der Waals surface area contributed by atoms with E-state index in [0.717, 1.165) is 12.8 Å². The van der Waals surface area contributed by atoms with E-state index in [-0.39, 0.29) is 37.9 Å². The van der Waals surface area contributed by atoms with Gasteiger partial charge in [0.1, 0.15) is 0 Å². The van der Waals surface area contributed by atoms with E-state index < -0.39 is 32.2 Å². The Kier molecular flexibility index (Phi) is 12.6. The van der Waals surface area contributed by atoms with Crippen LogP contribution in [0.5, 0.6) is 0 Å². The molecule has 185 valence electrons. The molecule has 0 amide bonds. The Labute approximate surface area is 204 Å². The molecule has 0 radical (unpaired) electrons. The Morgan fingerprint density at radius 1 is 1.28 bits per heavy atom. The summed E-state index contributed by atoms with van der Waals surface area (Å²) in [5.74, 6) is 0.740. The average Bonchev–Trinajstić information content (AvgIpc) is 3.13. The molecule has 0 aromatic rings. The molecule has 1 saturated heterocycles. The summed E-state index contributed by atoms with van der Waals surface area (Å²) in [5, 5.41) is 8.97. The summed E-state index contributed by atoms with van der Waals surface area (Å²) in [7, 11) is -4.13. The number of nitrogens with zero attached hydrogens (tertiary/aromatic N) is 2. The van der Waals surface area contributed by atoms with Crippen molar-refractivity contribution in [2.45, 2.75) is 92.0 Å². The van der Waals surface area contributed by atoms with Gasteiger partial charge in [-0.2, -0.15) is 0 Å². The van der Waals surface area contributed by atoms with Crippen LogP contribution in [0.1, 0.15) is 75.5 Å². The molecule has 10 heteroatoms. The number of rotatable bonds is 16. The van der Waals surface area contributed by atoms with Gasteiger partial charge < -0.3 is 0 Å². The summed E-state index contributed by atoms with van der Waals surface area (Å²) >= 11 is 1.94. The predicted octanol–water partition coefficient (Wildman–Crippen LogP) is 6.00. The molecule has 0 spiro atoms. The Balaban J connectivity index is 3.30. The first-order valence-electron chi connectivity index (χ1n) is 12.1. The Bertz CT molecular complexity index is 680. The van der Waals surface area contributed by atoms with Gasteiger partial charge in [-0.05, 0) is 0 Å². The molecular formula is C22H41N2O6PV. The van der Waals surface area contributed by atoms with Crippen molar-refractivity contribution in [3.8, 4) is 6.07 Å². The molecule has 0 aromatic carbocycles. The molecule has 1 aliphatic rings. The normalized spacial score (nSPS) is 29.0. The zero-order valence-corrected chi connectivity index (χ0v) is 22.8. The fraction of sp³-hybridized carbons (Fsp3) is 0.955. The van der Waals surface area contributed by atoms with E-state index in [0.29, 0.717) is 11.8 Å². The summed E-state index contributed by atoms with van der Waals surface area (Å²) in [6.07, 6.45) is 0.780. The van der Waals surface area contributed by atoms with Gasteiger partial charge in [0.05, 0.1) is 0 Å². The van der Waals surface area contributed by atoms with Gasteiger partial charge in [-0.3, -0.25) is 0 Å². The van der Waals surface area contributed by atoms with Gasteiger partial charge in [-0.1, -0.05) is 13.8 Å². The maximum absolute atomic E-state index is 14.1. The molecule has 1 aliphatic heterocycles. The van der Waals surface area contributed by atoms with E-state index in [4.69, 9.17) is 29.8 Å². The van der Waals surface area contributed by atoms with Crippen molar-refractivity contribution < 1.29 is 46.3 Å². The van der Waals surface area contributed by atoms with Gasteiger partial charge in [0, 0.05) is 0 Å². The second kappa shape index (κ2) is 14.3. The van der Waals surface area contributed by atoms with Gasteiger partial charge in [-0.15, -0.1) is 0 Å². The van der Waals surface area contributed by atoms with Crippen LogP contribution in [0.15, 0.2) is 3.95 Å². The fourth-order valence-electron chi connectivity index (χ4n) is 3.98. The molecule has 1 heterocycles. The standard InChI is InChI=1S/C22H41N2O6P.V/c1-8-16(3)18(5)22(7,19(6)17(4)9-2)30-31(25,28-13-10-12-23)29-20-11-14-26-21(20)15-27-24;/h16-21H,8-11,13-15H2,1-7H3;/i14T;. The number of hydrogen-bond acceptors (Lipinski definition) is 8. The van der Waals surface area contributed by atoms with Crippen LogP contribution in [0.3, 0.4) is 0 Å². The minimum absolute atomic E-state index is 0.0522. The fourth-order valence-corrected chi connectivity index (χ4v) is 5.93. The minimum atomic E-state index is -4.13. The van der Waals surface area contributed by atoms with Crippen molar-refractivity contribution >= 4 is 7.82 Å². The van der Waals surface area contributed by atoms with Crippen LogP contribution in [0.4, 0.5) is 0 Å². The summed E-state index contributed by atoms with van der Waals surface area (Å²) < 4.78 is 49.2. The van der Waals surface area contributed by atoms with Crippen LogP contribution in [0, 0.1) is 35.0 Å². The molecule has 32 heavy (non-hydrogen) atoms. The van der Waals surface area contributed by atoms with Crippen LogP contribution in [0.25, 0.3) is 0 Å². The summed E-state index contributed by atoms with van der Waals surface area (Å²) in [5.41, 5.74) is -0.810. The zero-order valence-electron chi connectivity index (χ0n) is 21.5. The van der Waals surface area contributed by atoms with Crippen molar-refractivity contribution in [3.05, 3.63) is 0 Å². The summed E-state index contributed by atoms with van der Waals surface area (Å²) in [4.78, 5) is 5.07. The Morgan fingerprint density at radius 2 is 1.88 bits per heavy atom. The number of phosphoric acid groups is 1. The van der Waals surface area contributed by atoms with Gasteiger partial charge in [0.25, 0.3) is 0 Å². The van der Waals surface area contributed by atoms with E-state index in [9.17, 15) is 4.57 Å². The zero-order chi connectivity index (χ0) is 25.2. The van der Waals surface area contributed by atoms with E-state index in [1.54, 1.807) is 0 Å². The number of hydrogen-bond donors (Lipinski definition) is 0. The number of phosphoric ester groups is 1. The van der Waals surface area contributed by atoms with Crippen molar-refractivity contribution in [1.82, 2.24) is 0 Å². The average molecular weight is 514 g/mol. The Hall–Kier alpha value is -0.0956. The monoisotopic (exact) mass is 513 g/mol. The van der Waals surface area contributed by atoms with E-state index in [2.05, 4.69) is 45.5 Å². The summed E-state index contributed by atoms with van der Waals surface area (Å²) in [6.45, 7) is 13.9. The van der Waals surface area contributed by atoms with Crippen molar-refractivity contribution in [3.63, 3.8) is 0 Å². The molecule has 1 rings (SSSR count). The van der Waals surface area contributed by atoms with Gasteiger partial charge in [0.15, 0.2) is 0 Å². The second-order valence-electron chi connectivity index (χ2n) is 8.91. The SMILES string of the molecule is [3H]C1CC(OP(=O)(OCCC#N)OC(C)(C(C)C(C)CC)C(C)C(C)CC)C(CO[N]=[V])O1. The van der Waals surface area contributed by atoms with Crippen molar-refractivity contribution in [2.24, 2.45) is 27.6 Å². The third kappa shape index (κ3) is 8.29. The molecule has 0 bridgehead atoms. The van der Waals surface area contributed by atoms with Crippen molar-refractivity contribution in [1.29, 1.82) is 5.26 Å². The van der Waals surface area contributed by atoms with Crippen LogP contribution >= 0.6 is 7.82 Å². The van der Waals surface area contributed by atoms with Gasteiger partial charge >= 0.3 is 191 Å². The van der Waals surface area contributed by atoms with Crippen LogP contribution < -0.4 is 0 Å². The molecule has 0 N–H and O–H groups in total. The molecule has 0 saturated carbocycles. The first-order valence-corrected chi connectivity index (χ1v) is 13.6. The van der Waals surface area contributed by atoms with Gasteiger partial charge in [-0.25, -0.2) is 0 Å². The van der Waals surface area contributed by atoms with E-state index in [1.165, 1.54) is 0 Å². The van der Waals surface area contributed by atoms with Crippen LogP contribution in [-0.4, -0.2) is 37.6 Å². The second-order valence-corrected chi connectivity index (χ2v) is 10.7. The third-order valence-electron chi connectivity index (χ3n) is 7.15. The maximum atomic E-state index is 14.1. The molecule has 0 aromatic heterocycles. The Morgan fingerprint density at radius 3 is 2.38 bits per heavy atom.